The molecule has 0 aliphatic carbocycles. The normalized spacial score (nSPS) is 28.5. The molecule has 112 valence electrons. The van der Waals surface area contributed by atoms with Gasteiger partial charge in [-0.2, -0.15) is 0 Å². The highest BCUT2D eigenvalue weighted by Gasteiger charge is 2.41. The zero-order valence-corrected chi connectivity index (χ0v) is 11.1. The number of azide groups is 1. The first-order chi connectivity index (χ1) is 10.2. The lowest BCUT2D eigenvalue weighted by Gasteiger charge is -2.37. The number of aliphatic hydroxyl groups is 2. The zero-order valence-electron chi connectivity index (χ0n) is 11.1. The lowest BCUT2D eigenvalue weighted by atomic mass is 9.98. The summed E-state index contributed by atoms with van der Waals surface area (Å²) in [5.41, 5.74) is 8.84. The summed E-state index contributed by atoms with van der Waals surface area (Å²) in [5, 5.41) is 22.7. The molecular formula is C13H15N3O5. The molecule has 0 amide bonds. The van der Waals surface area contributed by atoms with E-state index in [-0.39, 0.29) is 6.61 Å². The molecule has 0 spiro atoms. The molecule has 2 N–H and O–H groups in total. The molecule has 21 heavy (non-hydrogen) atoms. The van der Waals surface area contributed by atoms with Gasteiger partial charge in [0.15, 0.2) is 0 Å². The van der Waals surface area contributed by atoms with E-state index in [1.807, 2.05) is 0 Å². The third-order valence-electron chi connectivity index (χ3n) is 3.21. The van der Waals surface area contributed by atoms with Crippen molar-refractivity contribution in [2.24, 2.45) is 5.11 Å². The molecule has 1 saturated heterocycles. The molecule has 1 fully saturated rings. The molecule has 0 radical (unpaired) electrons. The van der Waals surface area contributed by atoms with E-state index < -0.39 is 36.9 Å². The van der Waals surface area contributed by atoms with Crippen molar-refractivity contribution < 1.29 is 24.5 Å². The van der Waals surface area contributed by atoms with Gasteiger partial charge in [0.1, 0.15) is 24.4 Å². The van der Waals surface area contributed by atoms with Crippen molar-refractivity contribution in [3.05, 3.63) is 46.3 Å². The minimum absolute atomic E-state index is 0.0426. The van der Waals surface area contributed by atoms with E-state index in [2.05, 4.69) is 10.0 Å². The van der Waals surface area contributed by atoms with Gasteiger partial charge < -0.3 is 19.7 Å². The van der Waals surface area contributed by atoms with E-state index in [9.17, 15) is 9.90 Å². The molecule has 8 nitrogen and oxygen atoms in total. The van der Waals surface area contributed by atoms with Crippen molar-refractivity contribution in [1.82, 2.24) is 0 Å². The Morgan fingerprint density at radius 1 is 1.48 bits per heavy atom. The second-order valence-electron chi connectivity index (χ2n) is 4.55. The van der Waals surface area contributed by atoms with Crippen LogP contribution in [-0.2, 0) is 9.47 Å². The van der Waals surface area contributed by atoms with Crippen LogP contribution in [0.25, 0.3) is 10.4 Å². The lowest BCUT2D eigenvalue weighted by Crippen LogP contribution is -2.55. The van der Waals surface area contributed by atoms with Crippen LogP contribution in [0.4, 0.5) is 0 Å². The van der Waals surface area contributed by atoms with E-state index in [0.29, 0.717) is 5.56 Å². The minimum Gasteiger partial charge on any atom is -0.455 e. The third-order valence-corrected chi connectivity index (χ3v) is 3.21. The molecule has 8 heteroatoms. The van der Waals surface area contributed by atoms with Crippen LogP contribution in [0.3, 0.4) is 0 Å². The summed E-state index contributed by atoms with van der Waals surface area (Å²) in [6, 6.07) is 7.40. The topological polar surface area (TPSA) is 125 Å². The SMILES string of the molecule is [N-]=[N+]=NC1COC(CO)[C@@H](O)[C@@H]1OC(=O)c1ccccc1. The standard InChI is InChI=1S/C13H15N3O5/c14-16-15-9-7-20-10(6-17)11(18)12(9)21-13(19)8-4-2-1-3-5-8/h1-5,9-12,17-18H,6-7H2/t9?,10?,11-,12-/m1/s1. The van der Waals surface area contributed by atoms with Crippen molar-refractivity contribution in [2.75, 3.05) is 13.2 Å². The first-order valence-corrected chi connectivity index (χ1v) is 6.38. The highest BCUT2D eigenvalue weighted by molar-refractivity contribution is 5.89. The van der Waals surface area contributed by atoms with Gasteiger partial charge in [0, 0.05) is 4.91 Å². The molecule has 2 rings (SSSR count). The number of nitrogens with zero attached hydrogens (tertiary/aromatic N) is 3. The Kier molecular flexibility index (Phi) is 5.13. The monoisotopic (exact) mass is 293 g/mol. The highest BCUT2D eigenvalue weighted by Crippen LogP contribution is 2.22. The molecule has 1 heterocycles. The average Bonchev–Trinajstić information content (AvgIpc) is 2.52. The van der Waals surface area contributed by atoms with Crippen molar-refractivity contribution in [3.63, 3.8) is 0 Å². The predicted molar refractivity (Wildman–Crippen MR) is 71.4 cm³/mol. The second kappa shape index (κ2) is 7.05. The molecule has 2 unspecified atom stereocenters. The molecular weight excluding hydrogens is 278 g/mol. The van der Waals surface area contributed by atoms with Gasteiger partial charge in [0.05, 0.1) is 18.8 Å². The highest BCUT2D eigenvalue weighted by atomic mass is 16.6. The number of rotatable bonds is 4. The number of carbonyl (C=O) groups excluding carboxylic acids is 1. The first kappa shape index (κ1) is 15.3. The molecule has 0 saturated carbocycles. The average molecular weight is 293 g/mol. The summed E-state index contributed by atoms with van der Waals surface area (Å²) in [6.07, 6.45) is -3.23. The van der Waals surface area contributed by atoms with E-state index >= 15 is 0 Å². The maximum atomic E-state index is 12.0. The lowest BCUT2D eigenvalue weighted by molar-refractivity contribution is -0.157. The van der Waals surface area contributed by atoms with Crippen LogP contribution < -0.4 is 0 Å². The van der Waals surface area contributed by atoms with Gasteiger partial charge in [-0.25, -0.2) is 4.79 Å². The maximum Gasteiger partial charge on any atom is 0.338 e. The fourth-order valence-electron chi connectivity index (χ4n) is 2.09. The van der Waals surface area contributed by atoms with Crippen molar-refractivity contribution in [3.8, 4) is 0 Å². The number of esters is 1. The summed E-state index contributed by atoms with van der Waals surface area (Å²) in [4.78, 5) is 14.7. The Balaban J connectivity index is 2.16. The van der Waals surface area contributed by atoms with Crippen LogP contribution in [-0.4, -0.2) is 53.7 Å². The first-order valence-electron chi connectivity index (χ1n) is 6.38. The largest absolute Gasteiger partial charge is 0.455 e. The second-order valence-corrected chi connectivity index (χ2v) is 4.55. The van der Waals surface area contributed by atoms with Crippen LogP contribution in [0.2, 0.25) is 0 Å². The number of ether oxygens (including phenoxy) is 2. The molecule has 1 aliphatic rings. The number of benzene rings is 1. The third kappa shape index (κ3) is 3.50. The van der Waals surface area contributed by atoms with E-state index in [4.69, 9.17) is 20.1 Å². The van der Waals surface area contributed by atoms with Crippen LogP contribution in [0.5, 0.6) is 0 Å². The number of hydrogen-bond acceptors (Lipinski definition) is 6. The molecule has 1 aliphatic heterocycles. The van der Waals surface area contributed by atoms with Crippen LogP contribution in [0.15, 0.2) is 35.4 Å². The van der Waals surface area contributed by atoms with Gasteiger partial charge >= 0.3 is 5.97 Å². The fraction of sp³-hybridized carbons (Fsp3) is 0.462. The van der Waals surface area contributed by atoms with Crippen LogP contribution in [0.1, 0.15) is 10.4 Å². The Morgan fingerprint density at radius 2 is 2.19 bits per heavy atom. The van der Waals surface area contributed by atoms with Crippen molar-refractivity contribution in [2.45, 2.75) is 24.4 Å². The summed E-state index contributed by atoms with van der Waals surface area (Å²) >= 11 is 0. The number of aliphatic hydroxyl groups excluding tert-OH is 2. The molecule has 0 bridgehead atoms. The Labute approximate surface area is 120 Å². The van der Waals surface area contributed by atoms with Gasteiger partial charge in [-0.3, -0.25) is 0 Å². The smallest absolute Gasteiger partial charge is 0.338 e. The summed E-state index contributed by atoms with van der Waals surface area (Å²) in [7, 11) is 0. The zero-order chi connectivity index (χ0) is 15.2. The van der Waals surface area contributed by atoms with E-state index in [0.717, 1.165) is 0 Å². The summed E-state index contributed by atoms with van der Waals surface area (Å²) in [5.74, 6) is -0.642. The van der Waals surface area contributed by atoms with Gasteiger partial charge in [0.2, 0.25) is 0 Å². The van der Waals surface area contributed by atoms with Crippen LogP contribution in [0, 0.1) is 0 Å². The van der Waals surface area contributed by atoms with Gasteiger partial charge in [-0.1, -0.05) is 23.3 Å². The Bertz CT molecular complexity index is 532. The van der Waals surface area contributed by atoms with Crippen molar-refractivity contribution >= 4 is 5.97 Å². The molecule has 4 atom stereocenters. The van der Waals surface area contributed by atoms with Gasteiger partial charge in [-0.05, 0) is 17.7 Å². The Morgan fingerprint density at radius 3 is 2.81 bits per heavy atom. The minimum atomic E-state index is -1.27. The Hall–Kier alpha value is -2.12. The van der Waals surface area contributed by atoms with Gasteiger partial charge in [0.25, 0.3) is 0 Å². The van der Waals surface area contributed by atoms with Gasteiger partial charge in [-0.15, -0.1) is 0 Å². The van der Waals surface area contributed by atoms with Crippen molar-refractivity contribution in [1.29, 1.82) is 0 Å². The quantitative estimate of drug-likeness (QED) is 0.365. The molecule has 1 aromatic carbocycles. The maximum absolute atomic E-state index is 12.0. The molecule has 0 aromatic heterocycles. The van der Waals surface area contributed by atoms with Crippen LogP contribution >= 0.6 is 0 Å². The predicted octanol–water partition coefficient (Wildman–Crippen LogP) is 0.643. The summed E-state index contributed by atoms with van der Waals surface area (Å²) < 4.78 is 10.4. The number of hydrogen-bond donors (Lipinski definition) is 2. The molecule has 1 aromatic rings. The summed E-state index contributed by atoms with van der Waals surface area (Å²) in [6.45, 7) is -0.470. The number of carbonyl (C=O) groups is 1. The van der Waals surface area contributed by atoms with E-state index in [1.54, 1.807) is 30.3 Å². The van der Waals surface area contributed by atoms with E-state index in [1.165, 1.54) is 0 Å². The fourth-order valence-corrected chi connectivity index (χ4v) is 2.09.